The van der Waals surface area contributed by atoms with E-state index in [2.05, 4.69) is 10.8 Å². The zero-order chi connectivity index (χ0) is 9.68. The first-order valence-electron chi connectivity index (χ1n) is 4.24. The molecule has 0 aliphatic carbocycles. The van der Waals surface area contributed by atoms with Gasteiger partial charge in [0.1, 0.15) is 0 Å². The number of hydroxylamine groups is 1. The molecule has 1 amide bonds. The highest BCUT2D eigenvalue weighted by Crippen LogP contribution is 2.05. The maximum atomic E-state index is 10.6. The Labute approximate surface area is 76.4 Å². The molecule has 0 aromatic carbocycles. The molecule has 13 heavy (non-hydrogen) atoms. The third-order valence-electron chi connectivity index (χ3n) is 1.85. The van der Waals surface area contributed by atoms with Crippen LogP contribution in [0.2, 0.25) is 0 Å². The van der Waals surface area contributed by atoms with Crippen LogP contribution in [-0.2, 0) is 9.63 Å². The molecule has 2 atom stereocenters. The molecule has 6 heteroatoms. The molecular weight excluding hydrogens is 174 g/mol. The Morgan fingerprint density at radius 2 is 2.54 bits per heavy atom. The van der Waals surface area contributed by atoms with Crippen LogP contribution in [0.15, 0.2) is 0 Å². The number of aliphatic hydroxyl groups excluding tert-OH is 1. The lowest BCUT2D eigenvalue weighted by Crippen LogP contribution is -2.35. The number of rotatable bonds is 4. The summed E-state index contributed by atoms with van der Waals surface area (Å²) in [6.45, 7) is 0.850. The SMILES string of the molecule is NCC(=O)NOCC1CC(O)CN1. The van der Waals surface area contributed by atoms with Crippen molar-refractivity contribution in [1.82, 2.24) is 10.8 Å². The first-order chi connectivity index (χ1) is 6.22. The Balaban J connectivity index is 2.03. The van der Waals surface area contributed by atoms with Gasteiger partial charge in [0.25, 0.3) is 5.91 Å². The van der Waals surface area contributed by atoms with Crippen LogP contribution in [0.3, 0.4) is 0 Å². The normalized spacial score (nSPS) is 27.5. The molecule has 0 spiro atoms. The Hall–Kier alpha value is -0.690. The van der Waals surface area contributed by atoms with Gasteiger partial charge < -0.3 is 16.2 Å². The molecule has 5 N–H and O–H groups in total. The van der Waals surface area contributed by atoms with Crippen molar-refractivity contribution in [2.24, 2.45) is 5.73 Å². The Morgan fingerprint density at radius 3 is 3.08 bits per heavy atom. The van der Waals surface area contributed by atoms with Crippen LogP contribution in [-0.4, -0.2) is 42.9 Å². The van der Waals surface area contributed by atoms with E-state index in [1.807, 2.05) is 0 Å². The molecule has 76 valence electrons. The van der Waals surface area contributed by atoms with Crippen molar-refractivity contribution in [2.75, 3.05) is 19.7 Å². The van der Waals surface area contributed by atoms with Crippen molar-refractivity contribution in [3.8, 4) is 0 Å². The lowest BCUT2D eigenvalue weighted by atomic mass is 10.2. The third kappa shape index (κ3) is 3.69. The Morgan fingerprint density at radius 1 is 1.77 bits per heavy atom. The number of aliphatic hydroxyl groups is 1. The van der Waals surface area contributed by atoms with E-state index >= 15 is 0 Å². The number of nitrogens with one attached hydrogen (secondary N) is 2. The quantitative estimate of drug-likeness (QED) is 0.373. The molecule has 0 aromatic rings. The van der Waals surface area contributed by atoms with Crippen LogP contribution in [0, 0.1) is 0 Å². The van der Waals surface area contributed by atoms with E-state index in [0.717, 1.165) is 0 Å². The summed E-state index contributed by atoms with van der Waals surface area (Å²) in [4.78, 5) is 15.5. The van der Waals surface area contributed by atoms with Gasteiger partial charge in [0.15, 0.2) is 0 Å². The Kier molecular flexibility index (Phi) is 4.10. The van der Waals surface area contributed by atoms with Crippen LogP contribution in [0.5, 0.6) is 0 Å². The van der Waals surface area contributed by atoms with Gasteiger partial charge in [0.2, 0.25) is 0 Å². The number of nitrogens with two attached hydrogens (primary N) is 1. The minimum absolute atomic E-state index is 0.0826. The topological polar surface area (TPSA) is 96.6 Å². The lowest BCUT2D eigenvalue weighted by Gasteiger charge is -2.10. The van der Waals surface area contributed by atoms with Gasteiger partial charge >= 0.3 is 0 Å². The molecular formula is C7H15N3O3. The van der Waals surface area contributed by atoms with Gasteiger partial charge in [-0.15, -0.1) is 0 Å². The molecule has 0 radical (unpaired) electrons. The van der Waals surface area contributed by atoms with Gasteiger partial charge in [-0.2, -0.15) is 0 Å². The van der Waals surface area contributed by atoms with Crippen molar-refractivity contribution < 1.29 is 14.7 Å². The van der Waals surface area contributed by atoms with Crippen molar-refractivity contribution in [3.63, 3.8) is 0 Å². The molecule has 0 aromatic heterocycles. The van der Waals surface area contributed by atoms with Crippen LogP contribution in [0.25, 0.3) is 0 Å². The largest absolute Gasteiger partial charge is 0.392 e. The average Bonchev–Trinajstić information content (AvgIpc) is 2.51. The maximum absolute atomic E-state index is 10.6. The number of carbonyl (C=O) groups is 1. The van der Waals surface area contributed by atoms with Crippen LogP contribution in [0.4, 0.5) is 0 Å². The molecule has 1 heterocycles. The maximum Gasteiger partial charge on any atom is 0.257 e. The molecule has 1 aliphatic rings. The first-order valence-corrected chi connectivity index (χ1v) is 4.24. The molecule has 6 nitrogen and oxygen atoms in total. The standard InChI is InChI=1S/C7H15N3O3/c8-2-7(12)10-13-4-5-1-6(11)3-9-5/h5-6,9,11H,1-4,8H2,(H,10,12). The number of hydrogen-bond acceptors (Lipinski definition) is 5. The van der Waals surface area contributed by atoms with Gasteiger partial charge in [-0.3, -0.25) is 9.63 Å². The number of hydrogen-bond donors (Lipinski definition) is 4. The number of amides is 1. The zero-order valence-corrected chi connectivity index (χ0v) is 7.32. The first kappa shape index (κ1) is 10.4. The van der Waals surface area contributed by atoms with Gasteiger partial charge in [-0.1, -0.05) is 0 Å². The van der Waals surface area contributed by atoms with Crippen LogP contribution >= 0.6 is 0 Å². The predicted octanol–water partition coefficient (Wildman–Crippen LogP) is -2.28. The van der Waals surface area contributed by atoms with Gasteiger partial charge in [-0.05, 0) is 6.42 Å². The number of carbonyl (C=O) groups excluding carboxylic acids is 1. The van der Waals surface area contributed by atoms with Crippen molar-refractivity contribution in [2.45, 2.75) is 18.6 Å². The lowest BCUT2D eigenvalue weighted by molar-refractivity contribution is -0.132. The second kappa shape index (κ2) is 5.13. The van der Waals surface area contributed by atoms with E-state index in [4.69, 9.17) is 15.7 Å². The molecule has 1 fully saturated rings. The molecule has 1 rings (SSSR count). The van der Waals surface area contributed by atoms with E-state index in [1.165, 1.54) is 0 Å². The van der Waals surface area contributed by atoms with Crippen LogP contribution < -0.4 is 16.5 Å². The summed E-state index contributed by atoms with van der Waals surface area (Å²) in [6, 6.07) is 0.105. The minimum Gasteiger partial charge on any atom is -0.392 e. The predicted molar refractivity (Wildman–Crippen MR) is 45.6 cm³/mol. The second-order valence-corrected chi connectivity index (χ2v) is 3.04. The van der Waals surface area contributed by atoms with Gasteiger partial charge in [-0.25, -0.2) is 5.48 Å². The van der Waals surface area contributed by atoms with E-state index in [0.29, 0.717) is 19.6 Å². The van der Waals surface area contributed by atoms with Crippen molar-refractivity contribution in [1.29, 1.82) is 0 Å². The van der Waals surface area contributed by atoms with E-state index in [9.17, 15) is 4.79 Å². The molecule has 0 saturated carbocycles. The van der Waals surface area contributed by atoms with E-state index < -0.39 is 0 Å². The van der Waals surface area contributed by atoms with E-state index in [1.54, 1.807) is 0 Å². The monoisotopic (exact) mass is 189 g/mol. The molecule has 1 aliphatic heterocycles. The highest BCUT2D eigenvalue weighted by Gasteiger charge is 2.22. The molecule has 1 saturated heterocycles. The van der Waals surface area contributed by atoms with Crippen LogP contribution in [0.1, 0.15) is 6.42 Å². The average molecular weight is 189 g/mol. The zero-order valence-electron chi connectivity index (χ0n) is 7.32. The fraction of sp³-hybridized carbons (Fsp3) is 0.857. The smallest absolute Gasteiger partial charge is 0.257 e. The summed E-state index contributed by atoms with van der Waals surface area (Å²) in [5.41, 5.74) is 7.23. The molecule has 0 bridgehead atoms. The number of β-amino-alcohol motifs (C(OH)–C–C–N with tert-alkyl or cyclic N) is 1. The second-order valence-electron chi connectivity index (χ2n) is 3.04. The highest BCUT2D eigenvalue weighted by molar-refractivity contribution is 5.76. The van der Waals surface area contributed by atoms with Crippen molar-refractivity contribution in [3.05, 3.63) is 0 Å². The summed E-state index contributed by atoms with van der Waals surface area (Å²) in [7, 11) is 0. The Bertz CT molecular complexity index is 176. The summed E-state index contributed by atoms with van der Waals surface area (Å²) in [5.74, 6) is -0.349. The minimum atomic E-state index is -0.349. The fourth-order valence-corrected chi connectivity index (χ4v) is 1.19. The fourth-order valence-electron chi connectivity index (χ4n) is 1.19. The van der Waals surface area contributed by atoms with Gasteiger partial charge in [0.05, 0.1) is 19.3 Å². The molecule has 2 unspecified atom stereocenters. The summed E-state index contributed by atoms with van der Waals surface area (Å²) in [5, 5.41) is 12.2. The summed E-state index contributed by atoms with van der Waals surface area (Å²) >= 11 is 0. The van der Waals surface area contributed by atoms with E-state index in [-0.39, 0.29) is 24.6 Å². The summed E-state index contributed by atoms with van der Waals surface area (Å²) < 4.78 is 0. The third-order valence-corrected chi connectivity index (χ3v) is 1.85. The van der Waals surface area contributed by atoms with Gasteiger partial charge in [0, 0.05) is 12.6 Å². The summed E-state index contributed by atoms with van der Waals surface area (Å²) in [6.07, 6.45) is 0.345. The highest BCUT2D eigenvalue weighted by atomic mass is 16.7. The van der Waals surface area contributed by atoms with Crippen molar-refractivity contribution >= 4 is 5.91 Å².